The summed E-state index contributed by atoms with van der Waals surface area (Å²) in [7, 11) is 0. The van der Waals surface area contributed by atoms with E-state index in [4.69, 9.17) is 11.6 Å². The molecule has 0 aliphatic carbocycles. The van der Waals surface area contributed by atoms with Gasteiger partial charge in [-0.2, -0.15) is 0 Å². The molecular formula is C29H27ClFN3O3. The van der Waals surface area contributed by atoms with Gasteiger partial charge in [0.2, 0.25) is 5.91 Å². The van der Waals surface area contributed by atoms with Crippen LogP contribution in [0.3, 0.4) is 0 Å². The van der Waals surface area contributed by atoms with E-state index in [1.165, 1.54) is 23.1 Å². The summed E-state index contributed by atoms with van der Waals surface area (Å²) in [6.45, 7) is 4.18. The largest absolute Gasteiger partial charge is 0.386 e. The van der Waals surface area contributed by atoms with E-state index in [0.717, 1.165) is 5.56 Å². The molecule has 0 radical (unpaired) electrons. The Labute approximate surface area is 219 Å². The van der Waals surface area contributed by atoms with Gasteiger partial charge in [-0.15, -0.1) is 0 Å². The van der Waals surface area contributed by atoms with Gasteiger partial charge in [0.1, 0.15) is 18.0 Å². The highest BCUT2D eigenvalue weighted by Gasteiger charge is 2.54. The lowest BCUT2D eigenvalue weighted by Gasteiger charge is -2.41. The first-order chi connectivity index (χ1) is 17.8. The first-order valence-electron chi connectivity index (χ1n) is 12.2. The van der Waals surface area contributed by atoms with E-state index in [2.05, 4.69) is 19.3 Å². The second-order valence-electron chi connectivity index (χ2n) is 9.57. The van der Waals surface area contributed by atoms with Gasteiger partial charge in [-0.25, -0.2) is 14.3 Å². The van der Waals surface area contributed by atoms with Crippen LogP contribution in [0.25, 0.3) is 0 Å². The molecular weight excluding hydrogens is 493 g/mol. The van der Waals surface area contributed by atoms with Crippen LogP contribution in [0.1, 0.15) is 37.0 Å². The van der Waals surface area contributed by atoms with Crippen molar-refractivity contribution < 1.29 is 19.1 Å². The third kappa shape index (κ3) is 4.55. The van der Waals surface area contributed by atoms with Crippen LogP contribution in [-0.2, 0) is 9.59 Å². The molecule has 0 bridgehead atoms. The fourth-order valence-electron chi connectivity index (χ4n) is 4.96. The van der Waals surface area contributed by atoms with E-state index in [-0.39, 0.29) is 16.5 Å². The molecule has 4 unspecified atom stereocenters. The summed E-state index contributed by atoms with van der Waals surface area (Å²) in [5, 5.41) is 13.0. The minimum atomic E-state index is -1.41. The lowest BCUT2D eigenvalue weighted by Crippen LogP contribution is -2.55. The summed E-state index contributed by atoms with van der Waals surface area (Å²) >= 11 is 6.27. The van der Waals surface area contributed by atoms with Crippen LogP contribution in [0.5, 0.6) is 0 Å². The smallest absolute Gasteiger partial charge is 0.254 e. The Morgan fingerprint density at radius 3 is 2.27 bits per heavy atom. The van der Waals surface area contributed by atoms with Crippen molar-refractivity contribution in [1.29, 1.82) is 0 Å². The molecule has 3 aromatic rings. The van der Waals surface area contributed by atoms with Crippen LogP contribution in [-0.4, -0.2) is 34.0 Å². The van der Waals surface area contributed by atoms with E-state index < -0.39 is 35.8 Å². The second-order valence-corrected chi connectivity index (χ2v) is 9.98. The van der Waals surface area contributed by atoms with Crippen LogP contribution in [0.4, 0.5) is 15.8 Å². The number of amides is 2. The maximum Gasteiger partial charge on any atom is 0.254 e. The number of halogens is 2. The minimum Gasteiger partial charge on any atom is -0.386 e. The Balaban J connectivity index is 1.56. The molecule has 0 spiro atoms. The Bertz CT molecular complexity index is 1330. The molecule has 190 valence electrons. The van der Waals surface area contributed by atoms with Gasteiger partial charge < -0.3 is 10.5 Å². The monoisotopic (exact) mass is 519 g/mol. The number of carbonyl (C=O) groups excluding carboxylic acids is 2. The summed E-state index contributed by atoms with van der Waals surface area (Å²) < 4.78 is 14.8. The van der Waals surface area contributed by atoms with Crippen LogP contribution >= 0.6 is 11.6 Å². The lowest BCUT2D eigenvalue weighted by molar-refractivity contribution is -0.123. The number of nitrogens with one attached hydrogen (secondary N) is 1. The molecule has 5 rings (SSSR count). The molecule has 2 amide bonds. The average molecular weight is 520 g/mol. The standard InChI is InChI=1S/C29H27ClFN3O3/c1-17(2)18-11-13-19(14-12-18)32-34-24(27(35)25-22(30)9-6-10-23(25)31)16-15-21-26(34)29(37)33(28(21)36)20-7-4-3-5-8-20/h3-17,21,24,26-27,32,35H,1-2H3. The SMILES string of the molecule is CC(C)c1ccc(NN2C(C(O)c3c(F)cccc3Cl)C=CC3C(=O)N(c4ccccc4)C(=O)C32)cc1. The molecule has 0 saturated carbocycles. The number of carbonyl (C=O) groups is 2. The third-order valence-electron chi connectivity index (χ3n) is 6.92. The number of aliphatic hydroxyl groups excluding tert-OH is 1. The fourth-order valence-corrected chi connectivity index (χ4v) is 5.23. The minimum absolute atomic E-state index is 0.0731. The molecule has 2 N–H and O–H groups in total. The highest BCUT2D eigenvalue weighted by atomic mass is 35.5. The molecule has 4 atom stereocenters. The Morgan fingerprint density at radius 1 is 0.919 bits per heavy atom. The number of nitrogens with zero attached hydrogens (tertiary/aromatic N) is 2. The van der Waals surface area contributed by atoms with Gasteiger partial charge >= 0.3 is 0 Å². The number of para-hydroxylation sites is 1. The number of anilines is 2. The van der Waals surface area contributed by atoms with E-state index in [9.17, 15) is 19.1 Å². The van der Waals surface area contributed by atoms with Crippen LogP contribution < -0.4 is 10.3 Å². The highest BCUT2D eigenvalue weighted by molar-refractivity contribution is 6.31. The van der Waals surface area contributed by atoms with Crippen molar-refractivity contribution in [3.8, 4) is 0 Å². The van der Waals surface area contributed by atoms with Crippen molar-refractivity contribution in [3.63, 3.8) is 0 Å². The van der Waals surface area contributed by atoms with Gasteiger partial charge in [0.15, 0.2) is 0 Å². The number of hydrazine groups is 1. The van der Waals surface area contributed by atoms with Crippen LogP contribution in [0.15, 0.2) is 84.9 Å². The molecule has 37 heavy (non-hydrogen) atoms. The Kier molecular flexibility index (Phi) is 6.86. The van der Waals surface area contributed by atoms with E-state index in [1.54, 1.807) is 47.5 Å². The molecule has 1 fully saturated rings. The maximum atomic E-state index is 14.8. The van der Waals surface area contributed by atoms with Crippen molar-refractivity contribution >= 4 is 34.8 Å². The maximum absolute atomic E-state index is 14.8. The molecule has 3 aromatic carbocycles. The molecule has 6 nitrogen and oxygen atoms in total. The number of fused-ring (bicyclic) bond motifs is 1. The van der Waals surface area contributed by atoms with Gasteiger partial charge in [0.25, 0.3) is 5.91 Å². The molecule has 8 heteroatoms. The van der Waals surface area contributed by atoms with Crippen molar-refractivity contribution in [2.45, 2.75) is 38.0 Å². The van der Waals surface area contributed by atoms with Crippen molar-refractivity contribution in [2.24, 2.45) is 5.92 Å². The molecule has 1 saturated heterocycles. The summed E-state index contributed by atoms with van der Waals surface area (Å²) in [6, 6.07) is 18.7. The quantitative estimate of drug-likeness (QED) is 0.334. The van der Waals surface area contributed by atoms with E-state index >= 15 is 0 Å². The second kappa shape index (κ2) is 10.1. The third-order valence-corrected chi connectivity index (χ3v) is 7.25. The number of benzene rings is 3. The van der Waals surface area contributed by atoms with Gasteiger partial charge in [-0.1, -0.05) is 74.0 Å². The predicted molar refractivity (Wildman–Crippen MR) is 142 cm³/mol. The summed E-state index contributed by atoms with van der Waals surface area (Å²) in [4.78, 5) is 28.3. The fraction of sp³-hybridized carbons (Fsp3) is 0.241. The first kappa shape index (κ1) is 25.1. The first-order valence-corrected chi connectivity index (χ1v) is 12.5. The average Bonchev–Trinajstić information content (AvgIpc) is 3.14. The van der Waals surface area contributed by atoms with Gasteiger partial charge in [-0.05, 0) is 47.9 Å². The number of hydrogen-bond acceptors (Lipinski definition) is 5. The van der Waals surface area contributed by atoms with Gasteiger partial charge in [0.05, 0.1) is 17.6 Å². The Hall–Kier alpha value is -3.52. The number of aliphatic hydroxyl groups is 1. The molecule has 2 aliphatic rings. The van der Waals surface area contributed by atoms with Crippen molar-refractivity contribution in [2.75, 3.05) is 10.3 Å². The normalized spacial score (nSPS) is 22.4. The molecule has 0 aromatic heterocycles. The number of imide groups is 1. The highest BCUT2D eigenvalue weighted by Crippen LogP contribution is 2.39. The zero-order chi connectivity index (χ0) is 26.3. The summed E-state index contributed by atoms with van der Waals surface area (Å²) in [5.74, 6) is -1.90. The molecule has 2 aliphatic heterocycles. The zero-order valence-electron chi connectivity index (χ0n) is 20.4. The summed E-state index contributed by atoms with van der Waals surface area (Å²) in [5.41, 5.74) is 5.43. The predicted octanol–water partition coefficient (Wildman–Crippen LogP) is 5.46. The Morgan fingerprint density at radius 2 is 1.62 bits per heavy atom. The molecule has 2 heterocycles. The van der Waals surface area contributed by atoms with Crippen LogP contribution in [0, 0.1) is 11.7 Å². The lowest BCUT2D eigenvalue weighted by atomic mass is 9.90. The number of rotatable bonds is 6. The van der Waals surface area contributed by atoms with Crippen LogP contribution in [0.2, 0.25) is 5.02 Å². The van der Waals surface area contributed by atoms with Gasteiger partial charge in [-0.3, -0.25) is 9.59 Å². The van der Waals surface area contributed by atoms with Crippen molar-refractivity contribution in [3.05, 3.63) is 107 Å². The zero-order valence-corrected chi connectivity index (χ0v) is 21.1. The van der Waals surface area contributed by atoms with Crippen molar-refractivity contribution in [1.82, 2.24) is 5.01 Å². The van der Waals surface area contributed by atoms with E-state index in [0.29, 0.717) is 17.3 Å². The van der Waals surface area contributed by atoms with Gasteiger partial charge in [0, 0.05) is 16.3 Å². The topological polar surface area (TPSA) is 72.9 Å². The summed E-state index contributed by atoms with van der Waals surface area (Å²) in [6.07, 6.45) is 1.84. The van der Waals surface area contributed by atoms with E-state index in [1.807, 2.05) is 24.3 Å². The number of hydrogen-bond donors (Lipinski definition) is 2.